The van der Waals surface area contributed by atoms with Crippen LogP contribution in [0.5, 0.6) is 0 Å². The van der Waals surface area contributed by atoms with Gasteiger partial charge in [-0.1, -0.05) is 44.2 Å². The van der Waals surface area contributed by atoms with E-state index >= 15 is 0 Å². The lowest BCUT2D eigenvalue weighted by Crippen LogP contribution is -2.54. The molecule has 0 aliphatic carbocycles. The molecule has 2 unspecified atom stereocenters. The van der Waals surface area contributed by atoms with E-state index in [1.54, 1.807) is 7.05 Å². The van der Waals surface area contributed by atoms with Gasteiger partial charge in [0.05, 0.1) is 19.1 Å². The quantitative estimate of drug-likeness (QED) is 0.368. The minimum atomic E-state index is -0.752. The van der Waals surface area contributed by atoms with Crippen LogP contribution in [0.25, 0.3) is 0 Å². The molecular weight excluding hydrogens is 360 g/mol. The molecule has 8 heteroatoms. The Morgan fingerprint density at radius 1 is 1.00 bits per heavy atom. The second-order valence-corrected chi connectivity index (χ2v) is 6.91. The summed E-state index contributed by atoms with van der Waals surface area (Å²) in [5, 5.41) is 10.6. The summed E-state index contributed by atoms with van der Waals surface area (Å²) in [5.41, 5.74) is 1.01. The molecule has 0 aromatic heterocycles. The Balaban J connectivity index is 2.69. The van der Waals surface area contributed by atoms with Crippen molar-refractivity contribution in [2.45, 2.75) is 38.8 Å². The van der Waals surface area contributed by atoms with Gasteiger partial charge in [-0.25, -0.2) is 0 Å². The molecule has 2 atom stereocenters. The predicted molar refractivity (Wildman–Crippen MR) is 106 cm³/mol. The number of likely N-dealkylation sites (N-methyl/N-ethyl adjacent to an activating group) is 1. The van der Waals surface area contributed by atoms with E-state index in [2.05, 4.69) is 21.3 Å². The van der Waals surface area contributed by atoms with Crippen LogP contribution in [0.15, 0.2) is 30.3 Å². The Bertz CT molecular complexity index is 649. The molecule has 0 aliphatic heterocycles. The maximum Gasteiger partial charge on any atom is 0.243 e. The fourth-order valence-corrected chi connectivity index (χ4v) is 2.66. The van der Waals surface area contributed by atoms with Crippen molar-refractivity contribution < 1.29 is 19.2 Å². The van der Waals surface area contributed by atoms with Crippen molar-refractivity contribution in [1.82, 2.24) is 21.3 Å². The molecule has 0 saturated carbocycles. The second-order valence-electron chi connectivity index (χ2n) is 6.91. The van der Waals surface area contributed by atoms with Gasteiger partial charge in [0.15, 0.2) is 0 Å². The van der Waals surface area contributed by atoms with Gasteiger partial charge in [0.25, 0.3) is 0 Å². The number of carbonyl (C=O) groups is 4. The summed E-state index contributed by atoms with van der Waals surface area (Å²) in [7, 11) is 1.70. The molecule has 0 saturated heterocycles. The van der Waals surface area contributed by atoms with Crippen LogP contribution in [0.2, 0.25) is 0 Å². The first-order chi connectivity index (χ1) is 13.4. The molecule has 0 spiro atoms. The van der Waals surface area contributed by atoms with Gasteiger partial charge in [0, 0.05) is 0 Å². The van der Waals surface area contributed by atoms with Gasteiger partial charge in [0.2, 0.25) is 17.7 Å². The summed E-state index contributed by atoms with van der Waals surface area (Å²) < 4.78 is 0. The molecule has 1 rings (SSSR count). The Hall–Kier alpha value is -2.74. The number of hydrogen-bond donors (Lipinski definition) is 4. The van der Waals surface area contributed by atoms with E-state index in [0.717, 1.165) is 5.56 Å². The molecule has 0 bridgehead atoms. The second kappa shape index (κ2) is 12.6. The number of carbonyl (C=O) groups excluding carboxylic acids is 4. The minimum Gasteiger partial charge on any atom is -0.348 e. The van der Waals surface area contributed by atoms with E-state index in [1.807, 2.05) is 44.2 Å². The third-order valence-electron chi connectivity index (χ3n) is 4.09. The molecule has 0 radical (unpaired) electrons. The minimum absolute atomic E-state index is 0.107. The van der Waals surface area contributed by atoms with E-state index in [-0.39, 0.29) is 24.9 Å². The van der Waals surface area contributed by atoms with E-state index in [1.165, 1.54) is 0 Å². The van der Waals surface area contributed by atoms with Crippen LogP contribution >= 0.6 is 0 Å². The first-order valence-corrected chi connectivity index (χ1v) is 9.37. The molecule has 8 nitrogen and oxygen atoms in total. The van der Waals surface area contributed by atoms with Gasteiger partial charge in [-0.15, -0.1) is 0 Å². The highest BCUT2D eigenvalue weighted by Crippen LogP contribution is 2.07. The van der Waals surface area contributed by atoms with Crippen molar-refractivity contribution in [3.8, 4) is 0 Å². The molecule has 0 heterocycles. The van der Waals surface area contributed by atoms with Gasteiger partial charge >= 0.3 is 0 Å². The fourth-order valence-electron chi connectivity index (χ4n) is 2.66. The van der Waals surface area contributed by atoms with Crippen LogP contribution in [-0.4, -0.2) is 56.2 Å². The molecule has 1 aromatic carbocycles. The van der Waals surface area contributed by atoms with E-state index in [0.29, 0.717) is 19.1 Å². The van der Waals surface area contributed by atoms with Crippen LogP contribution in [0.3, 0.4) is 0 Å². The summed E-state index contributed by atoms with van der Waals surface area (Å²) in [6.45, 7) is 3.53. The van der Waals surface area contributed by atoms with Crippen LogP contribution in [0.4, 0.5) is 0 Å². The summed E-state index contributed by atoms with van der Waals surface area (Å²) >= 11 is 0. The Kier molecular flexibility index (Phi) is 10.5. The van der Waals surface area contributed by atoms with Crippen molar-refractivity contribution in [3.05, 3.63) is 35.9 Å². The van der Waals surface area contributed by atoms with Crippen molar-refractivity contribution in [3.63, 3.8) is 0 Å². The first kappa shape index (κ1) is 23.3. The number of rotatable bonds is 12. The van der Waals surface area contributed by atoms with Gasteiger partial charge in [-0.05, 0) is 31.4 Å². The van der Waals surface area contributed by atoms with Crippen LogP contribution in [-0.2, 0) is 25.6 Å². The van der Waals surface area contributed by atoms with E-state index in [9.17, 15) is 19.2 Å². The van der Waals surface area contributed by atoms with Crippen molar-refractivity contribution in [1.29, 1.82) is 0 Å². The van der Waals surface area contributed by atoms with Crippen LogP contribution < -0.4 is 21.3 Å². The summed E-state index contributed by atoms with van der Waals surface area (Å²) in [5.74, 6) is -1.01. The number of nitrogens with one attached hydrogen (secondary N) is 4. The zero-order valence-corrected chi connectivity index (χ0v) is 16.7. The average Bonchev–Trinajstić information content (AvgIpc) is 2.68. The third kappa shape index (κ3) is 8.77. The SMILES string of the molecule is CNC(Cc1ccccc1)C(=O)NC(CC(C)C)C(=O)NCC(=O)NCC=O. The fraction of sp³-hybridized carbons (Fsp3) is 0.500. The largest absolute Gasteiger partial charge is 0.348 e. The third-order valence-corrected chi connectivity index (χ3v) is 4.09. The standard InChI is InChI=1S/C20H30N4O4/c1-14(2)11-17(19(27)23-13-18(26)22-9-10-25)24-20(28)16(21-3)12-15-7-5-4-6-8-15/h4-8,10,14,16-17,21H,9,11-13H2,1-3H3,(H,22,26)(H,23,27)(H,24,28). The molecule has 3 amide bonds. The lowest BCUT2D eigenvalue weighted by atomic mass is 10.0. The van der Waals surface area contributed by atoms with Crippen molar-refractivity contribution in [2.75, 3.05) is 20.1 Å². The number of amides is 3. The summed E-state index contributed by atoms with van der Waals surface area (Å²) in [6, 6.07) is 8.36. The Labute approximate surface area is 165 Å². The zero-order valence-electron chi connectivity index (χ0n) is 16.7. The zero-order chi connectivity index (χ0) is 20.9. The molecule has 0 fully saturated rings. The summed E-state index contributed by atoms with van der Waals surface area (Å²) in [4.78, 5) is 47.0. The highest BCUT2D eigenvalue weighted by atomic mass is 16.2. The highest BCUT2D eigenvalue weighted by molar-refractivity contribution is 5.92. The summed E-state index contributed by atoms with van der Waals surface area (Å²) in [6.07, 6.45) is 1.49. The number of hydrogen-bond acceptors (Lipinski definition) is 5. The van der Waals surface area contributed by atoms with Crippen LogP contribution in [0, 0.1) is 5.92 Å². The van der Waals surface area contributed by atoms with Crippen molar-refractivity contribution in [2.24, 2.45) is 5.92 Å². The highest BCUT2D eigenvalue weighted by Gasteiger charge is 2.26. The van der Waals surface area contributed by atoms with Gasteiger partial charge < -0.3 is 26.1 Å². The Morgan fingerprint density at radius 3 is 2.25 bits per heavy atom. The topological polar surface area (TPSA) is 116 Å². The van der Waals surface area contributed by atoms with Crippen molar-refractivity contribution >= 4 is 24.0 Å². The average molecular weight is 390 g/mol. The smallest absolute Gasteiger partial charge is 0.243 e. The predicted octanol–water partition coefficient (Wildman–Crippen LogP) is -0.221. The molecule has 0 aliphatic rings. The van der Waals surface area contributed by atoms with Crippen LogP contribution in [0.1, 0.15) is 25.8 Å². The van der Waals surface area contributed by atoms with Gasteiger partial charge in [-0.2, -0.15) is 0 Å². The molecule has 154 valence electrons. The normalized spacial score (nSPS) is 12.7. The number of benzene rings is 1. The monoisotopic (exact) mass is 390 g/mol. The van der Waals surface area contributed by atoms with Gasteiger partial charge in [0.1, 0.15) is 12.3 Å². The Morgan fingerprint density at radius 2 is 1.68 bits per heavy atom. The molecule has 4 N–H and O–H groups in total. The molecule has 28 heavy (non-hydrogen) atoms. The molecular formula is C20H30N4O4. The van der Waals surface area contributed by atoms with E-state index < -0.39 is 23.9 Å². The first-order valence-electron chi connectivity index (χ1n) is 9.37. The maximum absolute atomic E-state index is 12.7. The van der Waals surface area contributed by atoms with Gasteiger partial charge in [-0.3, -0.25) is 14.4 Å². The lowest BCUT2D eigenvalue weighted by Gasteiger charge is -2.23. The lowest BCUT2D eigenvalue weighted by molar-refractivity contribution is -0.131. The number of aldehydes is 1. The molecule has 1 aromatic rings. The van der Waals surface area contributed by atoms with E-state index in [4.69, 9.17) is 0 Å². The maximum atomic E-state index is 12.7.